The van der Waals surface area contributed by atoms with E-state index in [0.29, 0.717) is 37.2 Å². The van der Waals surface area contributed by atoms with Crippen LogP contribution >= 0.6 is 0 Å². The maximum Gasteiger partial charge on any atom is 0.336 e. The number of amides is 1. The zero-order chi connectivity index (χ0) is 15.9. The zero-order valence-corrected chi connectivity index (χ0v) is 12.5. The third-order valence-electron chi connectivity index (χ3n) is 3.28. The third kappa shape index (κ3) is 4.41. The molecule has 0 fully saturated rings. The lowest BCUT2D eigenvalue weighted by atomic mass is 10.1. The molecular weight excluding hydrogens is 284 g/mol. The maximum atomic E-state index is 11.8. The Hall–Kier alpha value is -2.18. The molecule has 0 saturated heterocycles. The topological polar surface area (TPSA) is 91.6 Å². The summed E-state index contributed by atoms with van der Waals surface area (Å²) in [6.07, 6.45) is 1.07. The van der Waals surface area contributed by atoms with Crippen molar-refractivity contribution in [3.8, 4) is 0 Å². The van der Waals surface area contributed by atoms with E-state index in [9.17, 15) is 9.59 Å². The summed E-state index contributed by atoms with van der Waals surface area (Å²) in [5, 5.41) is 15.3. The largest absolute Gasteiger partial charge is 0.423 e. The Balaban J connectivity index is 1.97. The molecule has 22 heavy (non-hydrogen) atoms. The van der Waals surface area contributed by atoms with Crippen molar-refractivity contribution in [3.05, 3.63) is 40.2 Å². The van der Waals surface area contributed by atoms with Crippen LogP contribution in [-0.4, -0.2) is 30.7 Å². The SMILES string of the molecule is Cc1cc(=O)oc2cc(NC(=O)CCCNCCO)ccc12. The van der Waals surface area contributed by atoms with Crippen LogP contribution in [0.4, 0.5) is 5.69 Å². The van der Waals surface area contributed by atoms with Gasteiger partial charge in [-0.25, -0.2) is 4.79 Å². The van der Waals surface area contributed by atoms with Gasteiger partial charge in [0.05, 0.1) is 6.61 Å². The van der Waals surface area contributed by atoms with E-state index < -0.39 is 5.63 Å². The van der Waals surface area contributed by atoms with Crippen molar-refractivity contribution >= 4 is 22.6 Å². The first-order valence-corrected chi connectivity index (χ1v) is 7.26. The van der Waals surface area contributed by atoms with Crippen LogP contribution in [0.15, 0.2) is 33.5 Å². The van der Waals surface area contributed by atoms with Gasteiger partial charge < -0.3 is 20.2 Å². The first kappa shape index (κ1) is 16.2. The van der Waals surface area contributed by atoms with Crippen molar-refractivity contribution in [2.45, 2.75) is 19.8 Å². The molecule has 3 N–H and O–H groups in total. The summed E-state index contributed by atoms with van der Waals surface area (Å²) < 4.78 is 5.15. The minimum absolute atomic E-state index is 0.0912. The molecule has 2 rings (SSSR count). The van der Waals surface area contributed by atoms with Crippen LogP contribution < -0.4 is 16.3 Å². The lowest BCUT2D eigenvalue weighted by molar-refractivity contribution is -0.116. The Kier molecular flexibility index (Phi) is 5.68. The van der Waals surface area contributed by atoms with Gasteiger partial charge in [0.25, 0.3) is 0 Å². The van der Waals surface area contributed by atoms with Gasteiger partial charge in [-0.2, -0.15) is 0 Å². The number of fused-ring (bicyclic) bond motifs is 1. The number of anilines is 1. The van der Waals surface area contributed by atoms with E-state index in [0.717, 1.165) is 10.9 Å². The molecule has 118 valence electrons. The molecule has 0 aliphatic rings. The lowest BCUT2D eigenvalue weighted by Gasteiger charge is -2.07. The minimum atomic E-state index is -0.400. The molecule has 0 aliphatic heterocycles. The molecule has 2 aromatic rings. The van der Waals surface area contributed by atoms with E-state index in [1.807, 2.05) is 13.0 Å². The minimum Gasteiger partial charge on any atom is -0.423 e. The van der Waals surface area contributed by atoms with Gasteiger partial charge in [0, 0.05) is 36.2 Å². The van der Waals surface area contributed by atoms with Crippen molar-refractivity contribution in [3.63, 3.8) is 0 Å². The van der Waals surface area contributed by atoms with Crippen LogP contribution in [0, 0.1) is 6.92 Å². The highest BCUT2D eigenvalue weighted by molar-refractivity contribution is 5.93. The standard InChI is InChI=1S/C16H20N2O4/c1-11-9-16(21)22-14-10-12(4-5-13(11)14)18-15(20)3-2-6-17-7-8-19/h4-5,9-10,17,19H,2-3,6-8H2,1H3,(H,18,20). The van der Waals surface area contributed by atoms with E-state index in [1.165, 1.54) is 6.07 Å². The normalized spacial score (nSPS) is 10.8. The fourth-order valence-electron chi connectivity index (χ4n) is 2.20. The fraction of sp³-hybridized carbons (Fsp3) is 0.375. The van der Waals surface area contributed by atoms with Gasteiger partial charge in [0.15, 0.2) is 0 Å². The lowest BCUT2D eigenvalue weighted by Crippen LogP contribution is -2.21. The zero-order valence-electron chi connectivity index (χ0n) is 12.5. The number of nitrogens with one attached hydrogen (secondary N) is 2. The summed E-state index contributed by atoms with van der Waals surface area (Å²) in [6, 6.07) is 6.72. The summed E-state index contributed by atoms with van der Waals surface area (Å²) in [7, 11) is 0. The smallest absolute Gasteiger partial charge is 0.336 e. The molecular formula is C16H20N2O4. The maximum absolute atomic E-state index is 11.8. The van der Waals surface area contributed by atoms with Gasteiger partial charge in [0.2, 0.25) is 5.91 Å². The van der Waals surface area contributed by atoms with E-state index in [2.05, 4.69) is 10.6 Å². The van der Waals surface area contributed by atoms with E-state index in [-0.39, 0.29) is 12.5 Å². The van der Waals surface area contributed by atoms with Crippen LogP contribution in [0.25, 0.3) is 11.0 Å². The molecule has 6 heteroatoms. The third-order valence-corrected chi connectivity index (χ3v) is 3.28. The van der Waals surface area contributed by atoms with Crippen LogP contribution in [0.2, 0.25) is 0 Å². The summed E-state index contributed by atoms with van der Waals surface area (Å²) >= 11 is 0. The summed E-state index contributed by atoms with van der Waals surface area (Å²) in [6.45, 7) is 3.15. The molecule has 0 radical (unpaired) electrons. The number of carbonyl (C=O) groups is 1. The predicted molar refractivity (Wildman–Crippen MR) is 85.0 cm³/mol. The van der Waals surface area contributed by atoms with Crippen molar-refractivity contribution in [1.82, 2.24) is 5.32 Å². The van der Waals surface area contributed by atoms with Gasteiger partial charge in [-0.15, -0.1) is 0 Å². The molecule has 0 atom stereocenters. The first-order chi connectivity index (χ1) is 10.6. The Bertz CT molecular complexity index is 709. The van der Waals surface area contributed by atoms with Crippen LogP contribution in [0.3, 0.4) is 0 Å². The molecule has 1 heterocycles. The number of aryl methyl sites for hydroxylation is 1. The molecule has 1 amide bonds. The highest BCUT2D eigenvalue weighted by atomic mass is 16.4. The molecule has 0 saturated carbocycles. The number of rotatable bonds is 7. The Morgan fingerprint density at radius 3 is 2.86 bits per heavy atom. The Morgan fingerprint density at radius 2 is 2.09 bits per heavy atom. The average Bonchev–Trinajstić information content (AvgIpc) is 2.46. The second kappa shape index (κ2) is 7.72. The van der Waals surface area contributed by atoms with Crippen molar-refractivity contribution in [1.29, 1.82) is 0 Å². The number of aliphatic hydroxyl groups is 1. The highest BCUT2D eigenvalue weighted by Crippen LogP contribution is 2.20. The Morgan fingerprint density at radius 1 is 1.27 bits per heavy atom. The van der Waals surface area contributed by atoms with E-state index in [1.54, 1.807) is 12.1 Å². The monoisotopic (exact) mass is 304 g/mol. The van der Waals surface area contributed by atoms with Crippen LogP contribution in [0.5, 0.6) is 0 Å². The summed E-state index contributed by atoms with van der Waals surface area (Å²) in [5.74, 6) is -0.0971. The average molecular weight is 304 g/mol. The Labute approximate surface area is 128 Å². The van der Waals surface area contributed by atoms with Gasteiger partial charge in [-0.05, 0) is 37.6 Å². The van der Waals surface area contributed by atoms with Gasteiger partial charge in [-0.1, -0.05) is 0 Å². The second-order valence-electron chi connectivity index (χ2n) is 5.08. The molecule has 0 unspecified atom stereocenters. The highest BCUT2D eigenvalue weighted by Gasteiger charge is 2.06. The second-order valence-corrected chi connectivity index (χ2v) is 5.08. The number of hydrogen-bond donors (Lipinski definition) is 3. The number of aliphatic hydroxyl groups excluding tert-OH is 1. The van der Waals surface area contributed by atoms with Gasteiger partial charge in [-0.3, -0.25) is 4.79 Å². The van der Waals surface area contributed by atoms with Crippen LogP contribution in [-0.2, 0) is 4.79 Å². The first-order valence-electron chi connectivity index (χ1n) is 7.26. The van der Waals surface area contributed by atoms with Gasteiger partial charge >= 0.3 is 5.63 Å². The number of benzene rings is 1. The summed E-state index contributed by atoms with van der Waals surface area (Å²) in [4.78, 5) is 23.2. The van der Waals surface area contributed by atoms with Crippen LogP contribution in [0.1, 0.15) is 18.4 Å². The molecule has 0 bridgehead atoms. The van der Waals surface area contributed by atoms with Crippen molar-refractivity contribution in [2.75, 3.05) is 25.0 Å². The molecule has 0 spiro atoms. The molecule has 1 aromatic carbocycles. The predicted octanol–water partition coefficient (Wildman–Crippen LogP) is 1.40. The molecule has 0 aliphatic carbocycles. The summed E-state index contributed by atoms with van der Waals surface area (Å²) in [5.41, 5.74) is 1.52. The van der Waals surface area contributed by atoms with Crippen molar-refractivity contribution in [2.24, 2.45) is 0 Å². The molecule has 1 aromatic heterocycles. The van der Waals surface area contributed by atoms with Gasteiger partial charge in [0.1, 0.15) is 5.58 Å². The van der Waals surface area contributed by atoms with E-state index in [4.69, 9.17) is 9.52 Å². The number of hydrogen-bond acceptors (Lipinski definition) is 5. The quantitative estimate of drug-likeness (QED) is 0.531. The van der Waals surface area contributed by atoms with Crippen molar-refractivity contribution < 1.29 is 14.3 Å². The number of carbonyl (C=O) groups excluding carboxylic acids is 1. The van der Waals surface area contributed by atoms with E-state index >= 15 is 0 Å². The molecule has 6 nitrogen and oxygen atoms in total. The fourth-order valence-corrected chi connectivity index (χ4v) is 2.20.